The van der Waals surface area contributed by atoms with Gasteiger partial charge in [0.1, 0.15) is 0 Å². The molecule has 30 heavy (non-hydrogen) atoms. The predicted octanol–water partition coefficient (Wildman–Crippen LogP) is 3.19. The molecular formula is C22H35IN4O3. The van der Waals surface area contributed by atoms with Crippen molar-refractivity contribution in [2.75, 3.05) is 33.3 Å². The monoisotopic (exact) mass is 530 g/mol. The maximum atomic E-state index is 12.1. The maximum absolute atomic E-state index is 12.1. The number of aliphatic imine (C=N–C) groups is 1. The number of hydrogen-bond acceptors (Lipinski definition) is 4. The average molecular weight is 530 g/mol. The van der Waals surface area contributed by atoms with E-state index in [0.29, 0.717) is 18.7 Å². The van der Waals surface area contributed by atoms with Gasteiger partial charge in [-0.3, -0.25) is 9.59 Å². The highest BCUT2D eigenvalue weighted by atomic mass is 127. The standard InChI is InChI=1S/C22H34N4O3.HI/c1-4-6-13-24-20(27)18-9-7-17(8-10-18)16-25-22(23-5-2)26-14-11-19(12-15-26)21(28)29-3;/h7-10,19H,4-6,11-16H2,1-3H3,(H,23,25)(H,24,27);1H. The Bertz CT molecular complexity index is 686. The molecular weight excluding hydrogens is 495 g/mol. The number of benzene rings is 1. The van der Waals surface area contributed by atoms with Crippen molar-refractivity contribution in [1.82, 2.24) is 15.5 Å². The first kappa shape index (κ1) is 26.2. The number of amides is 1. The smallest absolute Gasteiger partial charge is 0.308 e. The Hall–Kier alpha value is -1.84. The van der Waals surface area contributed by atoms with Gasteiger partial charge in [-0.1, -0.05) is 25.5 Å². The number of unbranched alkanes of at least 4 members (excludes halogenated alkanes) is 1. The molecule has 1 aromatic carbocycles. The van der Waals surface area contributed by atoms with Crippen LogP contribution in [0.1, 0.15) is 55.5 Å². The molecule has 0 saturated carbocycles. The molecule has 0 aliphatic carbocycles. The highest BCUT2D eigenvalue weighted by Crippen LogP contribution is 2.18. The van der Waals surface area contributed by atoms with Gasteiger partial charge in [-0.2, -0.15) is 0 Å². The minimum atomic E-state index is -0.120. The van der Waals surface area contributed by atoms with Crippen molar-refractivity contribution in [1.29, 1.82) is 0 Å². The van der Waals surface area contributed by atoms with E-state index in [9.17, 15) is 9.59 Å². The predicted molar refractivity (Wildman–Crippen MR) is 130 cm³/mol. The number of piperidine rings is 1. The number of guanidine groups is 1. The molecule has 0 atom stereocenters. The summed E-state index contributed by atoms with van der Waals surface area (Å²) in [6, 6.07) is 7.60. The lowest BCUT2D eigenvalue weighted by molar-refractivity contribution is -0.146. The van der Waals surface area contributed by atoms with Crippen molar-refractivity contribution in [3.63, 3.8) is 0 Å². The van der Waals surface area contributed by atoms with Gasteiger partial charge in [-0.25, -0.2) is 4.99 Å². The number of likely N-dealkylation sites (tertiary alicyclic amines) is 1. The van der Waals surface area contributed by atoms with Crippen LogP contribution < -0.4 is 10.6 Å². The van der Waals surface area contributed by atoms with Crippen LogP contribution in [0.25, 0.3) is 0 Å². The van der Waals surface area contributed by atoms with Gasteiger partial charge in [-0.05, 0) is 43.9 Å². The molecule has 1 saturated heterocycles. The second-order valence-corrected chi connectivity index (χ2v) is 7.26. The highest BCUT2D eigenvalue weighted by molar-refractivity contribution is 14.0. The fourth-order valence-corrected chi connectivity index (χ4v) is 3.33. The van der Waals surface area contributed by atoms with Crippen molar-refractivity contribution in [2.45, 2.75) is 46.1 Å². The number of hydrogen-bond donors (Lipinski definition) is 2. The molecule has 1 amide bonds. The lowest BCUT2D eigenvalue weighted by atomic mass is 9.97. The zero-order valence-corrected chi connectivity index (χ0v) is 20.6. The SMILES string of the molecule is CCCCNC(=O)c1ccc(CN=C(NCC)N2CCC(C(=O)OC)CC2)cc1.I. The van der Waals surface area contributed by atoms with Crippen LogP contribution in [-0.2, 0) is 16.1 Å². The van der Waals surface area contributed by atoms with E-state index in [1.165, 1.54) is 7.11 Å². The lowest BCUT2D eigenvalue weighted by Gasteiger charge is -2.33. The fourth-order valence-electron chi connectivity index (χ4n) is 3.33. The zero-order valence-electron chi connectivity index (χ0n) is 18.3. The summed E-state index contributed by atoms with van der Waals surface area (Å²) in [5, 5.41) is 6.26. The molecule has 168 valence electrons. The molecule has 2 N–H and O–H groups in total. The Kier molecular flexibility index (Phi) is 12.4. The average Bonchev–Trinajstić information content (AvgIpc) is 2.76. The molecule has 1 fully saturated rings. The van der Waals surface area contributed by atoms with E-state index in [4.69, 9.17) is 9.73 Å². The van der Waals surface area contributed by atoms with Crippen LogP contribution in [0.3, 0.4) is 0 Å². The summed E-state index contributed by atoms with van der Waals surface area (Å²) in [7, 11) is 1.44. The van der Waals surface area contributed by atoms with Crippen LogP contribution in [0.5, 0.6) is 0 Å². The minimum absolute atomic E-state index is 0. The van der Waals surface area contributed by atoms with Crippen LogP contribution in [0.4, 0.5) is 0 Å². The van der Waals surface area contributed by atoms with Gasteiger partial charge < -0.3 is 20.3 Å². The first-order chi connectivity index (χ1) is 14.1. The number of halogens is 1. The molecule has 7 nitrogen and oxygen atoms in total. The van der Waals surface area contributed by atoms with Gasteiger partial charge in [0.25, 0.3) is 5.91 Å². The summed E-state index contributed by atoms with van der Waals surface area (Å²) >= 11 is 0. The van der Waals surface area contributed by atoms with Gasteiger partial charge >= 0.3 is 5.97 Å². The fraction of sp³-hybridized carbons (Fsp3) is 0.591. The summed E-state index contributed by atoms with van der Waals surface area (Å²) < 4.78 is 4.86. The Balaban J connectivity index is 0.00000450. The number of esters is 1. The van der Waals surface area contributed by atoms with Gasteiger partial charge in [0.05, 0.1) is 19.6 Å². The molecule has 1 aromatic rings. The second kappa shape index (κ2) is 14.2. The van der Waals surface area contributed by atoms with E-state index in [1.807, 2.05) is 31.2 Å². The molecule has 0 radical (unpaired) electrons. The summed E-state index contributed by atoms with van der Waals surface area (Å²) in [6.07, 6.45) is 3.60. The first-order valence-corrected chi connectivity index (χ1v) is 10.6. The quantitative estimate of drug-likeness (QED) is 0.177. The number of nitrogens with one attached hydrogen (secondary N) is 2. The Morgan fingerprint density at radius 1 is 1.13 bits per heavy atom. The van der Waals surface area contributed by atoms with Crippen molar-refractivity contribution >= 4 is 41.8 Å². The summed E-state index contributed by atoms with van der Waals surface area (Å²) in [6.45, 7) is 7.74. The van der Waals surface area contributed by atoms with Crippen molar-refractivity contribution < 1.29 is 14.3 Å². The largest absolute Gasteiger partial charge is 0.469 e. The van der Waals surface area contributed by atoms with Crippen LogP contribution in [-0.4, -0.2) is 56.0 Å². The van der Waals surface area contributed by atoms with Gasteiger partial charge in [-0.15, -0.1) is 24.0 Å². The molecule has 8 heteroatoms. The first-order valence-electron chi connectivity index (χ1n) is 10.6. The van der Waals surface area contributed by atoms with Crippen LogP contribution in [0, 0.1) is 5.92 Å². The minimum Gasteiger partial charge on any atom is -0.469 e. The number of ether oxygens (including phenoxy) is 1. The molecule has 2 rings (SSSR count). The van der Waals surface area contributed by atoms with E-state index in [2.05, 4.69) is 22.5 Å². The van der Waals surface area contributed by atoms with Crippen LogP contribution >= 0.6 is 24.0 Å². The lowest BCUT2D eigenvalue weighted by Crippen LogP contribution is -2.46. The normalized spacial score (nSPS) is 14.6. The Morgan fingerprint density at radius 3 is 2.37 bits per heavy atom. The van der Waals surface area contributed by atoms with Crippen molar-refractivity contribution in [3.8, 4) is 0 Å². The van der Waals surface area contributed by atoms with Crippen LogP contribution in [0.15, 0.2) is 29.3 Å². The van der Waals surface area contributed by atoms with E-state index in [0.717, 1.165) is 56.8 Å². The molecule has 0 unspecified atom stereocenters. The van der Waals surface area contributed by atoms with E-state index < -0.39 is 0 Å². The summed E-state index contributed by atoms with van der Waals surface area (Å²) in [5.41, 5.74) is 1.72. The summed E-state index contributed by atoms with van der Waals surface area (Å²) in [4.78, 5) is 30.8. The van der Waals surface area contributed by atoms with Crippen molar-refractivity contribution in [2.24, 2.45) is 10.9 Å². The Morgan fingerprint density at radius 2 is 1.80 bits per heavy atom. The molecule has 1 heterocycles. The van der Waals surface area contributed by atoms with Gasteiger partial charge in [0.15, 0.2) is 5.96 Å². The third kappa shape index (κ3) is 8.12. The third-order valence-electron chi connectivity index (χ3n) is 5.11. The second-order valence-electron chi connectivity index (χ2n) is 7.26. The number of carbonyl (C=O) groups is 2. The van der Waals surface area contributed by atoms with Crippen LogP contribution in [0.2, 0.25) is 0 Å². The maximum Gasteiger partial charge on any atom is 0.308 e. The topological polar surface area (TPSA) is 83.0 Å². The van der Waals surface area contributed by atoms with Gasteiger partial charge in [0.2, 0.25) is 0 Å². The zero-order chi connectivity index (χ0) is 21.1. The third-order valence-corrected chi connectivity index (χ3v) is 5.11. The highest BCUT2D eigenvalue weighted by Gasteiger charge is 2.26. The molecule has 1 aliphatic heterocycles. The number of rotatable bonds is 8. The van der Waals surface area contributed by atoms with Gasteiger partial charge in [0, 0.05) is 31.7 Å². The summed E-state index contributed by atoms with van der Waals surface area (Å²) in [5.74, 6) is 0.688. The molecule has 0 spiro atoms. The molecule has 0 bridgehead atoms. The number of carbonyl (C=O) groups excluding carboxylic acids is 2. The van der Waals surface area contributed by atoms with E-state index >= 15 is 0 Å². The van der Waals surface area contributed by atoms with Crippen molar-refractivity contribution in [3.05, 3.63) is 35.4 Å². The van der Waals surface area contributed by atoms with E-state index in [1.54, 1.807) is 0 Å². The molecule has 0 aromatic heterocycles. The number of methoxy groups -OCH3 is 1. The molecule has 1 aliphatic rings. The Labute approximate surface area is 197 Å². The number of nitrogens with zero attached hydrogens (tertiary/aromatic N) is 2. The van der Waals surface area contributed by atoms with E-state index in [-0.39, 0.29) is 41.8 Å².